The molecule has 1 aromatic heterocycles. The van der Waals surface area contributed by atoms with E-state index in [2.05, 4.69) is 31.1 Å². The minimum atomic E-state index is -0.598. The number of aromatic nitrogens is 1. The van der Waals surface area contributed by atoms with Crippen LogP contribution in [0.25, 0.3) is 0 Å². The lowest BCUT2D eigenvalue weighted by Crippen LogP contribution is -2.47. The average Bonchev–Trinajstić information content (AvgIpc) is 2.33. The van der Waals surface area contributed by atoms with Gasteiger partial charge >= 0.3 is 5.97 Å². The van der Waals surface area contributed by atoms with Crippen molar-refractivity contribution in [3.63, 3.8) is 0 Å². The van der Waals surface area contributed by atoms with Crippen molar-refractivity contribution in [1.29, 1.82) is 0 Å². The number of carbonyl (C=O) groups is 2. The van der Waals surface area contributed by atoms with Crippen LogP contribution in [0.5, 0.6) is 0 Å². The van der Waals surface area contributed by atoms with Crippen LogP contribution in [0.1, 0.15) is 51.5 Å². The Kier molecular flexibility index (Phi) is 5.47. The van der Waals surface area contributed by atoms with E-state index in [1.807, 2.05) is 13.8 Å². The Labute approximate surface area is 126 Å². The molecule has 0 bridgehead atoms. The number of ether oxygens (including phenoxy) is 1. The Morgan fingerprint density at radius 3 is 2.38 bits per heavy atom. The van der Waals surface area contributed by atoms with Gasteiger partial charge < -0.3 is 10.1 Å². The van der Waals surface area contributed by atoms with E-state index in [1.165, 1.54) is 6.20 Å². The number of rotatable bonds is 5. The SMILES string of the molecule is CC(C)(C)CC(C)(C)NC(=O)COC(=O)c1ccccn1. The normalized spacial score (nSPS) is 11.9. The molecular formula is C16H24N2O3. The van der Waals surface area contributed by atoms with E-state index in [4.69, 9.17) is 4.74 Å². The molecule has 5 heteroatoms. The molecule has 0 aliphatic rings. The van der Waals surface area contributed by atoms with Crippen LogP contribution in [-0.4, -0.2) is 29.0 Å². The minimum absolute atomic E-state index is 0.0986. The van der Waals surface area contributed by atoms with Gasteiger partial charge in [-0.05, 0) is 37.8 Å². The van der Waals surface area contributed by atoms with Crippen LogP contribution < -0.4 is 5.32 Å². The third-order valence-electron chi connectivity index (χ3n) is 2.66. The highest BCUT2D eigenvalue weighted by molar-refractivity contribution is 5.89. The molecule has 0 spiro atoms. The zero-order valence-corrected chi connectivity index (χ0v) is 13.4. The van der Waals surface area contributed by atoms with E-state index in [0.29, 0.717) is 0 Å². The van der Waals surface area contributed by atoms with Gasteiger partial charge in [0.2, 0.25) is 0 Å². The highest BCUT2D eigenvalue weighted by Crippen LogP contribution is 2.26. The third kappa shape index (κ3) is 6.88. The van der Waals surface area contributed by atoms with E-state index >= 15 is 0 Å². The molecule has 0 aliphatic carbocycles. The Morgan fingerprint density at radius 2 is 1.86 bits per heavy atom. The summed E-state index contributed by atoms with van der Waals surface area (Å²) in [7, 11) is 0. The van der Waals surface area contributed by atoms with Crippen LogP contribution in [-0.2, 0) is 9.53 Å². The summed E-state index contributed by atoms with van der Waals surface area (Å²) in [4.78, 5) is 27.4. The molecule has 1 rings (SSSR count). The summed E-state index contributed by atoms with van der Waals surface area (Å²) in [6.45, 7) is 9.95. The summed E-state index contributed by atoms with van der Waals surface area (Å²) in [6, 6.07) is 4.94. The van der Waals surface area contributed by atoms with Gasteiger partial charge in [-0.15, -0.1) is 0 Å². The number of carbonyl (C=O) groups excluding carboxylic acids is 2. The molecule has 116 valence electrons. The average molecular weight is 292 g/mol. The second kappa shape index (κ2) is 6.70. The zero-order valence-electron chi connectivity index (χ0n) is 13.4. The standard InChI is InChI=1S/C16H24N2O3/c1-15(2,3)11-16(4,5)18-13(19)10-21-14(20)12-8-6-7-9-17-12/h6-9H,10-11H2,1-5H3,(H,18,19). The second-order valence-corrected chi connectivity index (χ2v) is 6.96. The van der Waals surface area contributed by atoms with Gasteiger partial charge in [-0.25, -0.2) is 9.78 Å². The molecule has 5 nitrogen and oxygen atoms in total. The lowest BCUT2D eigenvalue weighted by molar-refractivity contribution is -0.126. The first kappa shape index (κ1) is 17.1. The van der Waals surface area contributed by atoms with Crippen LogP contribution in [0.15, 0.2) is 24.4 Å². The van der Waals surface area contributed by atoms with Gasteiger partial charge in [-0.2, -0.15) is 0 Å². The molecule has 0 saturated carbocycles. The topological polar surface area (TPSA) is 68.3 Å². The van der Waals surface area contributed by atoms with Crippen molar-refractivity contribution in [2.24, 2.45) is 5.41 Å². The Hall–Kier alpha value is -1.91. The Morgan fingerprint density at radius 1 is 1.19 bits per heavy atom. The number of nitrogens with zero attached hydrogens (tertiary/aromatic N) is 1. The molecule has 1 heterocycles. The van der Waals surface area contributed by atoms with Gasteiger partial charge in [0.1, 0.15) is 5.69 Å². The lowest BCUT2D eigenvalue weighted by Gasteiger charge is -2.33. The second-order valence-electron chi connectivity index (χ2n) is 6.96. The zero-order chi connectivity index (χ0) is 16.1. The van der Waals surface area contributed by atoms with Crippen molar-refractivity contribution in [2.75, 3.05) is 6.61 Å². The van der Waals surface area contributed by atoms with Gasteiger partial charge in [0.15, 0.2) is 6.61 Å². The van der Waals surface area contributed by atoms with Crippen molar-refractivity contribution in [2.45, 2.75) is 46.6 Å². The summed E-state index contributed by atoms with van der Waals surface area (Å²) in [5.41, 5.74) is -0.0620. The van der Waals surface area contributed by atoms with Crippen LogP contribution >= 0.6 is 0 Å². The quantitative estimate of drug-likeness (QED) is 0.847. The summed E-state index contributed by atoms with van der Waals surface area (Å²) < 4.78 is 4.95. The summed E-state index contributed by atoms with van der Waals surface area (Å²) in [5.74, 6) is -0.909. The molecule has 1 amide bonds. The van der Waals surface area contributed by atoms with E-state index in [-0.39, 0.29) is 29.2 Å². The predicted molar refractivity (Wildman–Crippen MR) is 80.8 cm³/mol. The third-order valence-corrected chi connectivity index (χ3v) is 2.66. The van der Waals surface area contributed by atoms with E-state index in [9.17, 15) is 9.59 Å². The molecule has 0 aromatic carbocycles. The van der Waals surface area contributed by atoms with E-state index in [1.54, 1.807) is 18.2 Å². The van der Waals surface area contributed by atoms with Gasteiger partial charge in [-0.3, -0.25) is 4.79 Å². The maximum Gasteiger partial charge on any atom is 0.357 e. The summed E-state index contributed by atoms with van der Waals surface area (Å²) >= 11 is 0. The molecule has 0 saturated heterocycles. The molecule has 1 N–H and O–H groups in total. The number of amides is 1. The predicted octanol–water partition coefficient (Wildman–Crippen LogP) is 2.57. The first-order chi connectivity index (χ1) is 9.59. The summed E-state index contributed by atoms with van der Waals surface area (Å²) in [6.07, 6.45) is 2.32. The van der Waals surface area contributed by atoms with Crippen molar-refractivity contribution in [1.82, 2.24) is 10.3 Å². The Bertz CT molecular complexity index is 490. The molecule has 0 radical (unpaired) electrons. The number of hydrogen-bond donors (Lipinski definition) is 1. The van der Waals surface area contributed by atoms with Gasteiger partial charge in [0, 0.05) is 11.7 Å². The number of pyridine rings is 1. The maximum atomic E-state index is 11.9. The van der Waals surface area contributed by atoms with Gasteiger partial charge in [-0.1, -0.05) is 26.8 Å². The maximum absolute atomic E-state index is 11.9. The van der Waals surface area contributed by atoms with Crippen molar-refractivity contribution in [3.8, 4) is 0 Å². The molecule has 0 unspecified atom stereocenters. The smallest absolute Gasteiger partial charge is 0.357 e. The van der Waals surface area contributed by atoms with Crippen molar-refractivity contribution >= 4 is 11.9 Å². The minimum Gasteiger partial charge on any atom is -0.451 e. The molecular weight excluding hydrogens is 268 g/mol. The van der Waals surface area contributed by atoms with Crippen LogP contribution in [0.3, 0.4) is 0 Å². The Balaban J connectivity index is 2.46. The molecule has 0 aliphatic heterocycles. The fraction of sp³-hybridized carbons (Fsp3) is 0.562. The molecule has 1 aromatic rings. The van der Waals surface area contributed by atoms with Crippen molar-refractivity contribution in [3.05, 3.63) is 30.1 Å². The number of esters is 1. The van der Waals surface area contributed by atoms with Crippen LogP contribution in [0, 0.1) is 5.41 Å². The molecule has 0 atom stereocenters. The first-order valence-corrected chi connectivity index (χ1v) is 6.98. The molecule has 0 fully saturated rings. The number of hydrogen-bond acceptors (Lipinski definition) is 4. The monoisotopic (exact) mass is 292 g/mol. The fourth-order valence-corrected chi connectivity index (χ4v) is 2.47. The van der Waals surface area contributed by atoms with Gasteiger partial charge in [0.25, 0.3) is 5.91 Å². The van der Waals surface area contributed by atoms with E-state index < -0.39 is 5.97 Å². The molecule has 21 heavy (non-hydrogen) atoms. The lowest BCUT2D eigenvalue weighted by atomic mass is 9.82. The van der Waals surface area contributed by atoms with Crippen LogP contribution in [0.2, 0.25) is 0 Å². The fourth-order valence-electron chi connectivity index (χ4n) is 2.47. The number of nitrogens with one attached hydrogen (secondary N) is 1. The highest BCUT2D eigenvalue weighted by Gasteiger charge is 2.27. The van der Waals surface area contributed by atoms with Gasteiger partial charge in [0.05, 0.1) is 0 Å². The van der Waals surface area contributed by atoms with Crippen LogP contribution in [0.4, 0.5) is 0 Å². The highest BCUT2D eigenvalue weighted by atomic mass is 16.5. The van der Waals surface area contributed by atoms with E-state index in [0.717, 1.165) is 6.42 Å². The van der Waals surface area contributed by atoms with Crippen molar-refractivity contribution < 1.29 is 14.3 Å². The first-order valence-electron chi connectivity index (χ1n) is 6.98. The summed E-state index contributed by atoms with van der Waals surface area (Å²) in [5, 5.41) is 2.88. The largest absolute Gasteiger partial charge is 0.451 e.